The van der Waals surface area contributed by atoms with Crippen molar-refractivity contribution in [3.8, 4) is 0 Å². The van der Waals surface area contributed by atoms with Gasteiger partial charge in [0.05, 0.1) is 4.90 Å². The van der Waals surface area contributed by atoms with Crippen molar-refractivity contribution < 1.29 is 8.42 Å². The molecule has 0 bridgehead atoms. The number of sulfonamides is 1. The first-order valence-electron chi connectivity index (χ1n) is 5.61. The molecular weight excluding hydrogens is 254 g/mol. The Hall–Kier alpha value is -1.67. The standard InChI is InChI=1S/C10H15N5O2S/c1-3-14(4-2)18(16,17)8-5-6-9-12-13-10(11)15(9)7-8/h5-7H,3-4H2,1-2H3,(H2,11,13). The summed E-state index contributed by atoms with van der Waals surface area (Å²) in [5, 5.41) is 7.49. The summed E-state index contributed by atoms with van der Waals surface area (Å²) in [6.07, 6.45) is 1.44. The van der Waals surface area contributed by atoms with Crippen molar-refractivity contribution in [1.82, 2.24) is 18.9 Å². The highest BCUT2D eigenvalue weighted by Gasteiger charge is 2.22. The average molecular weight is 269 g/mol. The zero-order chi connectivity index (χ0) is 13.3. The van der Waals surface area contributed by atoms with Crippen molar-refractivity contribution in [3.63, 3.8) is 0 Å². The first-order valence-corrected chi connectivity index (χ1v) is 7.05. The summed E-state index contributed by atoms with van der Waals surface area (Å²) < 4.78 is 27.4. The highest BCUT2D eigenvalue weighted by molar-refractivity contribution is 7.89. The molecule has 2 rings (SSSR count). The molecule has 2 aromatic rings. The SMILES string of the molecule is CCN(CC)S(=O)(=O)c1ccc2nnc(N)n2c1. The molecule has 2 heterocycles. The highest BCUT2D eigenvalue weighted by atomic mass is 32.2. The van der Waals surface area contributed by atoms with Gasteiger partial charge >= 0.3 is 0 Å². The Kier molecular flexibility index (Phi) is 3.22. The number of fused-ring (bicyclic) bond motifs is 1. The molecule has 0 aromatic carbocycles. The molecule has 0 spiro atoms. The van der Waals surface area contributed by atoms with E-state index in [1.165, 1.54) is 21.0 Å². The first kappa shape index (κ1) is 12.8. The number of nitrogen functional groups attached to an aromatic ring is 1. The first-order chi connectivity index (χ1) is 8.50. The summed E-state index contributed by atoms with van der Waals surface area (Å²) in [5.74, 6) is 0.168. The Morgan fingerprint density at radius 2 is 1.94 bits per heavy atom. The third-order valence-electron chi connectivity index (χ3n) is 2.74. The molecule has 0 unspecified atom stereocenters. The molecule has 0 amide bonds. The van der Waals surface area contributed by atoms with E-state index in [0.29, 0.717) is 18.7 Å². The monoisotopic (exact) mass is 269 g/mol. The second kappa shape index (κ2) is 4.54. The van der Waals surface area contributed by atoms with E-state index < -0.39 is 10.0 Å². The van der Waals surface area contributed by atoms with Crippen molar-refractivity contribution in [3.05, 3.63) is 18.3 Å². The number of rotatable bonds is 4. The van der Waals surface area contributed by atoms with Crippen molar-refractivity contribution in [2.45, 2.75) is 18.7 Å². The maximum Gasteiger partial charge on any atom is 0.244 e. The minimum Gasteiger partial charge on any atom is -0.368 e. The van der Waals surface area contributed by atoms with Gasteiger partial charge in [-0.1, -0.05) is 13.8 Å². The van der Waals surface area contributed by atoms with Gasteiger partial charge in [-0.05, 0) is 12.1 Å². The van der Waals surface area contributed by atoms with E-state index in [1.54, 1.807) is 19.9 Å². The van der Waals surface area contributed by atoms with E-state index in [4.69, 9.17) is 5.73 Å². The molecule has 0 saturated heterocycles. The van der Waals surface area contributed by atoms with Crippen LogP contribution in [0.1, 0.15) is 13.8 Å². The lowest BCUT2D eigenvalue weighted by Crippen LogP contribution is -2.30. The number of pyridine rings is 1. The number of nitrogens with zero attached hydrogens (tertiary/aromatic N) is 4. The Morgan fingerprint density at radius 3 is 2.56 bits per heavy atom. The topological polar surface area (TPSA) is 93.6 Å². The van der Waals surface area contributed by atoms with Crippen LogP contribution >= 0.6 is 0 Å². The summed E-state index contributed by atoms with van der Waals surface area (Å²) in [4.78, 5) is 0.185. The molecule has 2 N–H and O–H groups in total. The van der Waals surface area contributed by atoms with Crippen molar-refractivity contribution in [2.24, 2.45) is 0 Å². The Morgan fingerprint density at radius 1 is 1.28 bits per heavy atom. The fourth-order valence-corrected chi connectivity index (χ4v) is 3.21. The fraction of sp³-hybridized carbons (Fsp3) is 0.400. The quantitative estimate of drug-likeness (QED) is 0.864. The second-order valence-electron chi connectivity index (χ2n) is 3.74. The maximum atomic E-state index is 12.3. The lowest BCUT2D eigenvalue weighted by molar-refractivity contribution is 0.445. The van der Waals surface area contributed by atoms with Crippen LogP contribution in [0.15, 0.2) is 23.2 Å². The number of nitrogens with two attached hydrogens (primary N) is 1. The molecule has 0 radical (unpaired) electrons. The third kappa shape index (κ3) is 1.93. The summed E-state index contributed by atoms with van der Waals surface area (Å²) >= 11 is 0. The number of hydrogen-bond donors (Lipinski definition) is 1. The fourth-order valence-electron chi connectivity index (χ4n) is 1.75. The largest absolute Gasteiger partial charge is 0.368 e. The van der Waals surface area contributed by atoms with Crippen LogP contribution in [-0.4, -0.2) is 40.4 Å². The van der Waals surface area contributed by atoms with Gasteiger partial charge in [0.2, 0.25) is 16.0 Å². The molecule has 0 aliphatic heterocycles. The summed E-state index contributed by atoms with van der Waals surface area (Å²) in [7, 11) is -3.49. The molecule has 0 fully saturated rings. The summed E-state index contributed by atoms with van der Waals surface area (Å²) in [5.41, 5.74) is 6.13. The zero-order valence-corrected chi connectivity index (χ0v) is 11.1. The minimum atomic E-state index is -3.49. The molecule has 8 heteroatoms. The van der Waals surface area contributed by atoms with Gasteiger partial charge in [0.15, 0.2) is 5.65 Å². The number of anilines is 1. The van der Waals surface area contributed by atoms with Gasteiger partial charge in [0, 0.05) is 19.3 Å². The second-order valence-corrected chi connectivity index (χ2v) is 5.68. The third-order valence-corrected chi connectivity index (χ3v) is 4.78. The normalized spacial score (nSPS) is 12.4. The van der Waals surface area contributed by atoms with Crippen LogP contribution in [0.5, 0.6) is 0 Å². The predicted molar refractivity (Wildman–Crippen MR) is 67.5 cm³/mol. The highest BCUT2D eigenvalue weighted by Crippen LogP contribution is 2.17. The molecule has 7 nitrogen and oxygen atoms in total. The van der Waals surface area contributed by atoms with Crippen molar-refractivity contribution in [2.75, 3.05) is 18.8 Å². The van der Waals surface area contributed by atoms with E-state index in [-0.39, 0.29) is 10.8 Å². The van der Waals surface area contributed by atoms with Gasteiger partial charge in [0.25, 0.3) is 0 Å². The Balaban J connectivity index is 2.57. The number of hydrogen-bond acceptors (Lipinski definition) is 5. The molecule has 0 aliphatic carbocycles. The van der Waals surface area contributed by atoms with Gasteiger partial charge in [-0.3, -0.25) is 4.40 Å². The van der Waals surface area contributed by atoms with E-state index in [9.17, 15) is 8.42 Å². The molecule has 2 aromatic heterocycles. The zero-order valence-electron chi connectivity index (χ0n) is 10.2. The van der Waals surface area contributed by atoms with Gasteiger partial charge in [0.1, 0.15) is 0 Å². The van der Waals surface area contributed by atoms with Crippen LogP contribution in [0.4, 0.5) is 5.95 Å². The smallest absolute Gasteiger partial charge is 0.244 e. The lowest BCUT2D eigenvalue weighted by Gasteiger charge is -2.18. The Labute approximate surface area is 105 Å². The molecular formula is C10H15N5O2S. The van der Waals surface area contributed by atoms with Crippen LogP contribution in [0.3, 0.4) is 0 Å². The van der Waals surface area contributed by atoms with Crippen LogP contribution in [0, 0.1) is 0 Å². The van der Waals surface area contributed by atoms with Crippen LogP contribution in [0.25, 0.3) is 5.65 Å². The van der Waals surface area contributed by atoms with E-state index in [0.717, 1.165) is 0 Å². The van der Waals surface area contributed by atoms with Crippen molar-refractivity contribution >= 4 is 21.6 Å². The lowest BCUT2D eigenvalue weighted by atomic mass is 10.5. The summed E-state index contributed by atoms with van der Waals surface area (Å²) in [6.45, 7) is 4.45. The molecule has 98 valence electrons. The van der Waals surface area contributed by atoms with Gasteiger partial charge in [-0.2, -0.15) is 4.31 Å². The van der Waals surface area contributed by atoms with Crippen LogP contribution < -0.4 is 5.73 Å². The average Bonchev–Trinajstić information content (AvgIpc) is 2.72. The molecule has 0 aliphatic rings. The van der Waals surface area contributed by atoms with Crippen molar-refractivity contribution in [1.29, 1.82) is 0 Å². The maximum absolute atomic E-state index is 12.3. The van der Waals surface area contributed by atoms with Gasteiger partial charge in [-0.15, -0.1) is 10.2 Å². The van der Waals surface area contributed by atoms with E-state index in [2.05, 4.69) is 10.2 Å². The summed E-state index contributed by atoms with van der Waals surface area (Å²) in [6, 6.07) is 3.09. The molecule has 0 atom stereocenters. The van der Waals surface area contributed by atoms with Crippen LogP contribution in [0.2, 0.25) is 0 Å². The minimum absolute atomic E-state index is 0.168. The molecule has 0 saturated carbocycles. The van der Waals surface area contributed by atoms with Crippen LogP contribution in [-0.2, 0) is 10.0 Å². The number of aromatic nitrogens is 3. The van der Waals surface area contributed by atoms with Gasteiger partial charge in [-0.25, -0.2) is 8.42 Å². The predicted octanol–water partition coefficient (Wildman–Crippen LogP) is 0.342. The Bertz CT molecular complexity index is 660. The van der Waals surface area contributed by atoms with E-state index in [1.807, 2.05) is 0 Å². The van der Waals surface area contributed by atoms with E-state index >= 15 is 0 Å². The molecule has 18 heavy (non-hydrogen) atoms. The van der Waals surface area contributed by atoms with Gasteiger partial charge < -0.3 is 5.73 Å².